The fraction of sp³-hybridized carbons (Fsp3) is 0.450. The predicted molar refractivity (Wildman–Crippen MR) is 106 cm³/mol. The van der Waals surface area contributed by atoms with Crippen LogP contribution in [0, 0.1) is 33.8 Å². The van der Waals surface area contributed by atoms with Gasteiger partial charge in [-0.1, -0.05) is 18.5 Å². The Balaban J connectivity index is 1.96. The third kappa shape index (κ3) is 2.74. The highest BCUT2D eigenvalue weighted by molar-refractivity contribution is 6.34. The maximum absolute atomic E-state index is 13.4. The van der Waals surface area contributed by atoms with Crippen molar-refractivity contribution in [1.29, 1.82) is 0 Å². The Bertz CT molecular complexity index is 1200. The molecular formula is C20H17ClN2O10. The maximum atomic E-state index is 13.4. The first-order chi connectivity index (χ1) is 15.3. The molecule has 5 N–H and O–H groups in total. The lowest BCUT2D eigenvalue weighted by molar-refractivity contribution is -0.385. The van der Waals surface area contributed by atoms with Crippen LogP contribution >= 0.6 is 11.6 Å². The third-order valence-corrected chi connectivity index (χ3v) is 7.35. The largest absolute Gasteiger partial charge is 0.507 e. The van der Waals surface area contributed by atoms with Gasteiger partial charge in [0.15, 0.2) is 34.7 Å². The highest BCUT2D eigenvalue weighted by atomic mass is 35.5. The molecule has 0 aromatic heterocycles. The molecule has 0 spiro atoms. The molecule has 174 valence electrons. The number of rotatable bonds is 2. The molecule has 0 radical (unpaired) electrons. The number of aliphatic hydroxyl groups is 2. The number of halogens is 1. The fourth-order valence-corrected chi connectivity index (χ4v) is 5.90. The second-order valence-electron chi connectivity index (χ2n) is 8.58. The number of carbonyl (C=O) groups excluding carboxylic acids is 5. The lowest BCUT2D eigenvalue weighted by Gasteiger charge is -2.52. The van der Waals surface area contributed by atoms with Crippen LogP contribution in [0.1, 0.15) is 35.2 Å². The number of nitro groups is 1. The van der Waals surface area contributed by atoms with E-state index in [0.29, 0.717) is 0 Å². The number of primary amides is 1. The zero-order valence-corrected chi connectivity index (χ0v) is 17.6. The van der Waals surface area contributed by atoms with E-state index in [0.717, 1.165) is 6.07 Å². The summed E-state index contributed by atoms with van der Waals surface area (Å²) in [7, 11) is 0. The molecule has 0 bridgehead atoms. The van der Waals surface area contributed by atoms with Gasteiger partial charge in [0.05, 0.1) is 22.5 Å². The van der Waals surface area contributed by atoms with Crippen LogP contribution in [0.5, 0.6) is 5.75 Å². The second kappa shape index (κ2) is 7.14. The number of carbonyl (C=O) groups is 5. The Morgan fingerprint density at radius 1 is 1.27 bits per heavy atom. The highest BCUT2D eigenvalue weighted by Crippen LogP contribution is 2.56. The molecule has 3 aliphatic rings. The van der Waals surface area contributed by atoms with E-state index in [1.54, 1.807) is 0 Å². The SMILES string of the molecule is C[C@@H]1c2c(c(O)cc(Cl)c2[N+](=O)[O-])C(=O)C2C(=O)[C@]3(O)C(=O)C(C(N)=O)C(=O)C[C@@H]3[C@@H](O)[C@@H]21. The number of hydrogen-bond donors (Lipinski definition) is 4. The van der Waals surface area contributed by atoms with E-state index in [2.05, 4.69) is 0 Å². The molecule has 2 unspecified atom stereocenters. The number of phenolic OH excluding ortho intramolecular Hbond substituents is 1. The minimum atomic E-state index is -3.06. The van der Waals surface area contributed by atoms with Crippen LogP contribution in [0.2, 0.25) is 5.02 Å². The van der Waals surface area contributed by atoms with E-state index in [1.807, 2.05) is 0 Å². The summed E-state index contributed by atoms with van der Waals surface area (Å²) in [5, 5.41) is 43.7. The van der Waals surface area contributed by atoms with Crippen LogP contribution in [0.15, 0.2) is 6.07 Å². The van der Waals surface area contributed by atoms with E-state index in [-0.39, 0.29) is 5.56 Å². The molecule has 13 heteroatoms. The van der Waals surface area contributed by atoms with E-state index >= 15 is 0 Å². The Morgan fingerprint density at radius 2 is 1.88 bits per heavy atom. The summed E-state index contributed by atoms with van der Waals surface area (Å²) in [5.41, 5.74) is 0.432. The smallest absolute Gasteiger partial charge is 0.292 e. The molecule has 2 saturated carbocycles. The van der Waals surface area contributed by atoms with Crippen molar-refractivity contribution in [1.82, 2.24) is 0 Å². The molecule has 0 aliphatic heterocycles. The molecule has 3 aliphatic carbocycles. The van der Waals surface area contributed by atoms with Gasteiger partial charge in [0.1, 0.15) is 10.8 Å². The van der Waals surface area contributed by atoms with Gasteiger partial charge < -0.3 is 21.1 Å². The summed E-state index contributed by atoms with van der Waals surface area (Å²) in [6.07, 6.45) is -2.59. The van der Waals surface area contributed by atoms with Gasteiger partial charge in [0.2, 0.25) is 5.91 Å². The molecular weight excluding hydrogens is 464 g/mol. The first-order valence-corrected chi connectivity index (χ1v) is 10.2. The number of aliphatic hydroxyl groups excluding tert-OH is 1. The third-order valence-electron chi connectivity index (χ3n) is 7.07. The standard InChI is InChI=1S/C20H17ClN2O10/c1-4-9-11(8(25)3-6(21)14(9)23(32)33)16(27)13-10(4)15(26)5-2-7(24)12(19(22)30)17(28)20(5,31)18(13)29/h3-5,10,12-13,15,25-26,31H,2H2,1H3,(H2,22,30)/t4-,5-,10-,12?,13?,15-,20-/m1/s1. The normalized spacial score (nSPS) is 35.5. The molecule has 33 heavy (non-hydrogen) atoms. The van der Waals surface area contributed by atoms with Crippen LogP contribution in [-0.2, 0) is 19.2 Å². The van der Waals surface area contributed by atoms with Crippen LogP contribution < -0.4 is 5.73 Å². The summed E-state index contributed by atoms with van der Waals surface area (Å²) in [6.45, 7) is 1.35. The van der Waals surface area contributed by atoms with Crippen molar-refractivity contribution >= 4 is 46.3 Å². The number of fused-ring (bicyclic) bond motifs is 3. The lowest BCUT2D eigenvalue weighted by atomic mass is 9.50. The number of benzene rings is 1. The van der Waals surface area contributed by atoms with Crippen LogP contribution in [-0.4, -0.2) is 61.0 Å². The van der Waals surface area contributed by atoms with Gasteiger partial charge in [0, 0.05) is 29.9 Å². The number of nitro benzene ring substituents is 1. The Morgan fingerprint density at radius 3 is 2.42 bits per heavy atom. The van der Waals surface area contributed by atoms with Gasteiger partial charge in [-0.3, -0.25) is 34.1 Å². The van der Waals surface area contributed by atoms with Gasteiger partial charge in [-0.15, -0.1) is 0 Å². The number of hydrogen-bond acceptors (Lipinski definition) is 10. The van der Waals surface area contributed by atoms with Gasteiger partial charge in [0.25, 0.3) is 5.69 Å². The molecule has 12 nitrogen and oxygen atoms in total. The molecule has 2 fully saturated rings. The topological polar surface area (TPSA) is 215 Å². The molecule has 1 amide bonds. The summed E-state index contributed by atoms with van der Waals surface area (Å²) in [4.78, 5) is 74.4. The van der Waals surface area contributed by atoms with Crippen LogP contribution in [0.25, 0.3) is 0 Å². The Hall–Kier alpha value is -3.22. The van der Waals surface area contributed by atoms with E-state index in [1.165, 1.54) is 6.92 Å². The van der Waals surface area contributed by atoms with Crippen molar-refractivity contribution in [3.8, 4) is 5.75 Å². The summed E-state index contributed by atoms with van der Waals surface area (Å²) in [5.74, 6) is -15.5. The van der Waals surface area contributed by atoms with Crippen molar-refractivity contribution in [3.05, 3.63) is 32.3 Å². The van der Waals surface area contributed by atoms with E-state index in [9.17, 15) is 49.4 Å². The number of nitrogens with two attached hydrogens (primary N) is 1. The Labute approximate surface area is 189 Å². The number of nitrogens with zero attached hydrogens (tertiary/aromatic N) is 1. The lowest BCUT2D eigenvalue weighted by Crippen LogP contribution is -2.72. The summed E-state index contributed by atoms with van der Waals surface area (Å²) < 4.78 is 0. The van der Waals surface area contributed by atoms with Crippen LogP contribution in [0.4, 0.5) is 5.69 Å². The van der Waals surface area contributed by atoms with Crippen molar-refractivity contribution in [3.63, 3.8) is 0 Å². The minimum absolute atomic E-state index is 0.308. The fourth-order valence-electron chi connectivity index (χ4n) is 5.63. The van der Waals surface area contributed by atoms with Crippen molar-refractivity contribution in [2.45, 2.75) is 31.0 Å². The van der Waals surface area contributed by atoms with Gasteiger partial charge in [-0.2, -0.15) is 0 Å². The molecule has 0 heterocycles. The first kappa shape index (κ1) is 23.0. The van der Waals surface area contributed by atoms with Crippen molar-refractivity contribution in [2.24, 2.45) is 29.4 Å². The number of ketones is 4. The van der Waals surface area contributed by atoms with Gasteiger partial charge in [-0.25, -0.2) is 0 Å². The quantitative estimate of drug-likeness (QED) is 0.240. The zero-order chi connectivity index (χ0) is 24.7. The summed E-state index contributed by atoms with van der Waals surface area (Å²) in [6, 6.07) is 0.762. The van der Waals surface area contributed by atoms with Gasteiger partial charge >= 0.3 is 0 Å². The molecule has 0 saturated heterocycles. The molecule has 1 aromatic carbocycles. The highest BCUT2D eigenvalue weighted by Gasteiger charge is 2.70. The minimum Gasteiger partial charge on any atom is -0.507 e. The van der Waals surface area contributed by atoms with Gasteiger partial charge in [-0.05, 0) is 5.92 Å². The monoisotopic (exact) mass is 480 g/mol. The van der Waals surface area contributed by atoms with E-state index < -0.39 is 104 Å². The molecule has 7 atom stereocenters. The predicted octanol–water partition coefficient (Wildman–Crippen LogP) is -0.580. The average Bonchev–Trinajstić information content (AvgIpc) is 2.70. The Kier molecular flexibility index (Phi) is 4.97. The molecule has 1 aromatic rings. The first-order valence-electron chi connectivity index (χ1n) is 9.81. The maximum Gasteiger partial charge on any atom is 0.292 e. The zero-order valence-electron chi connectivity index (χ0n) is 16.9. The number of amides is 1. The molecule has 4 rings (SSSR count). The average molecular weight is 481 g/mol. The van der Waals surface area contributed by atoms with Crippen molar-refractivity contribution < 1.29 is 44.2 Å². The number of Topliss-reactive ketones (excluding diaryl/α,β-unsaturated/α-hetero) is 4. The number of aromatic hydroxyl groups is 1. The van der Waals surface area contributed by atoms with Crippen LogP contribution in [0.3, 0.4) is 0 Å². The number of phenols is 1. The second-order valence-corrected chi connectivity index (χ2v) is 8.98. The van der Waals surface area contributed by atoms with Crippen molar-refractivity contribution in [2.75, 3.05) is 0 Å². The summed E-state index contributed by atoms with van der Waals surface area (Å²) >= 11 is 5.92. The van der Waals surface area contributed by atoms with E-state index in [4.69, 9.17) is 17.3 Å².